The topological polar surface area (TPSA) is 91.9 Å². The number of rotatable bonds is 6. The number of aliphatic hydroxyl groups is 1. The molecule has 0 aliphatic carbocycles. The third kappa shape index (κ3) is 4.14. The lowest BCUT2D eigenvalue weighted by Crippen LogP contribution is -2.56. The second-order valence-corrected chi connectivity index (χ2v) is 10.2. The number of piperidine rings is 1. The predicted octanol–water partition coefficient (Wildman–Crippen LogP) is 2.19. The van der Waals surface area contributed by atoms with Crippen molar-refractivity contribution in [2.75, 3.05) is 19.7 Å². The molecule has 4 rings (SSSR count). The van der Waals surface area contributed by atoms with Crippen LogP contribution in [-0.2, 0) is 11.3 Å². The van der Waals surface area contributed by atoms with Crippen molar-refractivity contribution in [3.8, 4) is 0 Å². The summed E-state index contributed by atoms with van der Waals surface area (Å²) >= 11 is 1.58. The van der Waals surface area contributed by atoms with Gasteiger partial charge in [-0.25, -0.2) is 4.68 Å². The van der Waals surface area contributed by atoms with Crippen LogP contribution in [0.25, 0.3) is 15.7 Å². The monoisotopic (exact) mass is 445 g/mol. The number of nitrogens with one attached hydrogen (secondary N) is 1. The minimum atomic E-state index is -0.318. The maximum atomic E-state index is 13.1. The third-order valence-electron chi connectivity index (χ3n) is 6.16. The van der Waals surface area contributed by atoms with Gasteiger partial charge in [-0.1, -0.05) is 13.8 Å². The van der Waals surface area contributed by atoms with Gasteiger partial charge in [0, 0.05) is 29.4 Å². The van der Waals surface area contributed by atoms with Crippen molar-refractivity contribution in [3.63, 3.8) is 0 Å². The minimum Gasteiger partial charge on any atom is -0.394 e. The quantitative estimate of drug-likeness (QED) is 0.607. The van der Waals surface area contributed by atoms with E-state index in [0.717, 1.165) is 35.4 Å². The van der Waals surface area contributed by atoms with E-state index in [1.165, 1.54) is 4.68 Å². The fraction of sp³-hybridized carbons (Fsp3) is 0.591. The lowest BCUT2D eigenvalue weighted by Gasteiger charge is -2.42. The molecule has 0 radical (unpaired) electrons. The van der Waals surface area contributed by atoms with Gasteiger partial charge < -0.3 is 10.4 Å². The predicted molar refractivity (Wildman–Crippen MR) is 123 cm³/mol. The number of carbonyl (C=O) groups excluding carboxylic acids is 1. The Balaban J connectivity index is 1.56. The maximum Gasteiger partial charge on any atom is 0.291 e. The first-order valence-electron chi connectivity index (χ1n) is 10.9. The Labute approximate surface area is 185 Å². The van der Waals surface area contributed by atoms with Crippen LogP contribution in [0.2, 0.25) is 0 Å². The van der Waals surface area contributed by atoms with Crippen molar-refractivity contribution in [3.05, 3.63) is 33.7 Å². The number of fused-ring (bicyclic) bond motifs is 3. The number of hydrogen-bond donors (Lipinski definition) is 2. The molecule has 0 bridgehead atoms. The highest BCUT2D eigenvalue weighted by molar-refractivity contribution is 7.16. The van der Waals surface area contributed by atoms with E-state index in [1.807, 2.05) is 49.6 Å². The van der Waals surface area contributed by atoms with Crippen molar-refractivity contribution in [1.29, 1.82) is 0 Å². The van der Waals surface area contributed by atoms with Crippen LogP contribution in [-0.4, -0.2) is 61.4 Å². The van der Waals surface area contributed by atoms with Gasteiger partial charge in [0.2, 0.25) is 5.91 Å². The Hall–Kier alpha value is -2.23. The first-order valence-corrected chi connectivity index (χ1v) is 11.7. The second kappa shape index (κ2) is 8.37. The fourth-order valence-corrected chi connectivity index (χ4v) is 5.19. The molecule has 4 heterocycles. The first kappa shape index (κ1) is 22.0. The van der Waals surface area contributed by atoms with Crippen LogP contribution >= 0.6 is 11.3 Å². The first-order chi connectivity index (χ1) is 14.7. The summed E-state index contributed by atoms with van der Waals surface area (Å²) < 4.78 is 3.22. The Kier molecular flexibility index (Phi) is 5.93. The highest BCUT2D eigenvalue weighted by Gasteiger charge is 2.31. The van der Waals surface area contributed by atoms with E-state index >= 15 is 0 Å². The number of amides is 1. The van der Waals surface area contributed by atoms with Crippen molar-refractivity contribution >= 4 is 33.0 Å². The summed E-state index contributed by atoms with van der Waals surface area (Å²) in [5, 5.41) is 20.3. The van der Waals surface area contributed by atoms with Crippen molar-refractivity contribution < 1.29 is 9.90 Å². The zero-order valence-corrected chi connectivity index (χ0v) is 19.4. The summed E-state index contributed by atoms with van der Waals surface area (Å²) in [6.07, 6.45) is 1.84. The average molecular weight is 446 g/mol. The molecule has 31 heavy (non-hydrogen) atoms. The largest absolute Gasteiger partial charge is 0.394 e. The normalized spacial score (nSPS) is 18.3. The number of thiophene rings is 1. The van der Waals surface area contributed by atoms with E-state index in [-0.39, 0.29) is 42.1 Å². The van der Waals surface area contributed by atoms with Crippen LogP contribution in [0, 0.1) is 0 Å². The molecule has 3 aromatic heterocycles. The summed E-state index contributed by atoms with van der Waals surface area (Å²) in [4.78, 5) is 29.1. The molecular weight excluding hydrogens is 414 g/mol. The molecule has 9 heteroatoms. The number of hydrogen-bond acceptors (Lipinski definition) is 6. The van der Waals surface area contributed by atoms with Crippen LogP contribution in [0.15, 0.2) is 22.3 Å². The molecule has 1 aliphatic heterocycles. The molecule has 1 fully saturated rings. The van der Waals surface area contributed by atoms with Gasteiger partial charge in [-0.05, 0) is 50.7 Å². The number of carbonyl (C=O) groups is 1. The zero-order chi connectivity index (χ0) is 22.3. The van der Waals surface area contributed by atoms with Crippen LogP contribution in [0.3, 0.4) is 0 Å². The minimum absolute atomic E-state index is 0.00489. The van der Waals surface area contributed by atoms with Crippen molar-refractivity contribution in [1.82, 2.24) is 24.4 Å². The van der Waals surface area contributed by atoms with Gasteiger partial charge in [-0.3, -0.25) is 18.9 Å². The van der Waals surface area contributed by atoms with Crippen LogP contribution in [0.1, 0.15) is 52.3 Å². The molecule has 0 unspecified atom stereocenters. The Morgan fingerprint density at radius 2 is 2.19 bits per heavy atom. The number of aliphatic hydroxyl groups excluding tert-OH is 1. The molecule has 8 nitrogen and oxygen atoms in total. The number of likely N-dealkylation sites (tertiary alicyclic amines) is 1. The van der Waals surface area contributed by atoms with E-state index in [2.05, 4.69) is 15.3 Å². The maximum absolute atomic E-state index is 13.1. The number of nitrogens with zero attached hydrogens (tertiary/aromatic N) is 4. The van der Waals surface area contributed by atoms with E-state index in [9.17, 15) is 14.7 Å². The standard InChI is InChI=1S/C22H31N5O3S/c1-14(2)19-24-26(20(30)17-10-15-7-9-31-21(15)27(17)19)12-18(29)23-16-6-5-8-25(11-16)22(3,4)13-28/h7,9-10,14,16,28H,5-6,8,11-13H2,1-4H3,(H,23,29)/t16-/m1/s1. The smallest absolute Gasteiger partial charge is 0.291 e. The van der Waals surface area contributed by atoms with Crippen LogP contribution < -0.4 is 10.9 Å². The zero-order valence-electron chi connectivity index (χ0n) is 18.6. The van der Waals surface area contributed by atoms with E-state index in [0.29, 0.717) is 12.1 Å². The van der Waals surface area contributed by atoms with Crippen molar-refractivity contribution in [2.24, 2.45) is 0 Å². The van der Waals surface area contributed by atoms with Gasteiger partial charge in [-0.15, -0.1) is 11.3 Å². The lowest BCUT2D eigenvalue weighted by molar-refractivity contribution is -0.123. The highest BCUT2D eigenvalue weighted by Crippen LogP contribution is 2.27. The average Bonchev–Trinajstić information content (AvgIpc) is 3.32. The molecule has 0 spiro atoms. The molecular formula is C22H31N5O3S. The van der Waals surface area contributed by atoms with E-state index < -0.39 is 0 Å². The molecule has 1 saturated heterocycles. The molecule has 168 valence electrons. The van der Waals surface area contributed by atoms with E-state index in [4.69, 9.17) is 0 Å². The molecule has 1 atom stereocenters. The third-order valence-corrected chi connectivity index (χ3v) is 7.07. The molecule has 0 saturated carbocycles. The molecule has 3 aromatic rings. The molecule has 2 N–H and O–H groups in total. The highest BCUT2D eigenvalue weighted by atomic mass is 32.1. The molecule has 1 amide bonds. The van der Waals surface area contributed by atoms with Gasteiger partial charge in [0.25, 0.3) is 5.56 Å². The Morgan fingerprint density at radius 1 is 1.42 bits per heavy atom. The lowest BCUT2D eigenvalue weighted by atomic mass is 9.97. The van der Waals surface area contributed by atoms with Gasteiger partial charge in [-0.2, -0.15) is 5.10 Å². The fourth-order valence-electron chi connectivity index (χ4n) is 4.29. The van der Waals surface area contributed by atoms with Gasteiger partial charge >= 0.3 is 0 Å². The summed E-state index contributed by atoms with van der Waals surface area (Å²) in [6.45, 7) is 9.64. The van der Waals surface area contributed by atoms with Crippen LogP contribution in [0.4, 0.5) is 0 Å². The Bertz CT molecular complexity index is 1160. The van der Waals surface area contributed by atoms with Gasteiger partial charge in [0.1, 0.15) is 22.7 Å². The van der Waals surface area contributed by atoms with Crippen LogP contribution in [0.5, 0.6) is 0 Å². The SMILES string of the molecule is CC(C)c1nn(CC(=O)N[C@@H]2CCCN(C(C)(C)CO)C2)c(=O)c2cc3ccsc3n12. The Morgan fingerprint density at radius 3 is 2.90 bits per heavy atom. The summed E-state index contributed by atoms with van der Waals surface area (Å²) in [7, 11) is 0. The molecule has 1 aliphatic rings. The van der Waals surface area contributed by atoms with Crippen molar-refractivity contribution in [2.45, 2.75) is 64.6 Å². The summed E-state index contributed by atoms with van der Waals surface area (Å²) in [5.41, 5.74) is -0.0162. The second-order valence-electron chi connectivity index (χ2n) is 9.35. The molecule has 0 aromatic carbocycles. The summed E-state index contributed by atoms with van der Waals surface area (Å²) in [6, 6.07) is 3.87. The summed E-state index contributed by atoms with van der Waals surface area (Å²) in [5.74, 6) is 0.659. The van der Waals surface area contributed by atoms with Gasteiger partial charge in [0.05, 0.1) is 6.61 Å². The van der Waals surface area contributed by atoms with E-state index in [1.54, 1.807) is 11.3 Å². The number of aromatic nitrogens is 3. The van der Waals surface area contributed by atoms with Gasteiger partial charge in [0.15, 0.2) is 0 Å².